The van der Waals surface area contributed by atoms with Crippen LogP contribution in [0.15, 0.2) is 23.1 Å². The van der Waals surface area contributed by atoms with Crippen LogP contribution in [0.1, 0.15) is 32.8 Å². The van der Waals surface area contributed by atoms with Crippen molar-refractivity contribution in [2.24, 2.45) is 0 Å². The van der Waals surface area contributed by atoms with E-state index in [2.05, 4.69) is 38.2 Å². The molecule has 2 rings (SSSR count). The van der Waals surface area contributed by atoms with Crippen LogP contribution in [-0.2, 0) is 11.3 Å². The Bertz CT molecular complexity index is 425. The molecular weight excluding hydrogens is 278 g/mol. The Morgan fingerprint density at radius 2 is 2.26 bits per heavy atom. The average Bonchev–Trinajstić information content (AvgIpc) is 2.75. The summed E-state index contributed by atoms with van der Waals surface area (Å²) in [7, 11) is 0. The maximum absolute atomic E-state index is 6.12. The smallest absolute Gasteiger partial charge is 0.0669 e. The second-order valence-corrected chi connectivity index (χ2v) is 7.03. The summed E-state index contributed by atoms with van der Waals surface area (Å²) in [5.74, 6) is 0. The zero-order valence-electron chi connectivity index (χ0n) is 11.8. The minimum absolute atomic E-state index is 0.339. The molecule has 1 aliphatic rings. The molecule has 4 heteroatoms. The van der Waals surface area contributed by atoms with E-state index in [9.17, 15) is 0 Å². The van der Waals surface area contributed by atoms with Gasteiger partial charge in [-0.15, -0.1) is 11.8 Å². The highest BCUT2D eigenvalue weighted by atomic mass is 35.5. The van der Waals surface area contributed by atoms with Gasteiger partial charge in [0.2, 0.25) is 0 Å². The Morgan fingerprint density at radius 1 is 1.47 bits per heavy atom. The molecule has 1 aromatic rings. The third kappa shape index (κ3) is 4.38. The fourth-order valence-electron chi connectivity index (χ4n) is 2.15. The summed E-state index contributed by atoms with van der Waals surface area (Å²) in [6, 6.07) is 6.66. The molecule has 2 atom stereocenters. The number of benzene rings is 1. The lowest BCUT2D eigenvalue weighted by Gasteiger charge is -2.17. The normalized spacial score (nSPS) is 23.2. The molecule has 0 aliphatic carbocycles. The van der Waals surface area contributed by atoms with E-state index in [1.807, 2.05) is 17.8 Å². The van der Waals surface area contributed by atoms with Gasteiger partial charge in [-0.3, -0.25) is 0 Å². The standard InChI is InChI=1S/C15H22ClNOS/c1-10(2)17-9-12-8-13(16)4-5-15(12)19-14-6-7-18-11(14)3/h4-5,8,10-11,14,17H,6-7,9H2,1-3H3. The highest BCUT2D eigenvalue weighted by molar-refractivity contribution is 8.00. The lowest BCUT2D eigenvalue weighted by Crippen LogP contribution is -2.22. The van der Waals surface area contributed by atoms with Gasteiger partial charge in [0.25, 0.3) is 0 Å². The minimum atomic E-state index is 0.339. The average molecular weight is 300 g/mol. The second-order valence-electron chi connectivity index (χ2n) is 5.31. The molecule has 1 aromatic carbocycles. The Hall–Kier alpha value is -0.220. The number of hydrogen-bond donors (Lipinski definition) is 1. The monoisotopic (exact) mass is 299 g/mol. The summed E-state index contributed by atoms with van der Waals surface area (Å²) < 4.78 is 5.64. The number of nitrogens with one attached hydrogen (secondary N) is 1. The van der Waals surface area contributed by atoms with Gasteiger partial charge in [-0.25, -0.2) is 0 Å². The molecular formula is C15H22ClNOS. The van der Waals surface area contributed by atoms with Crippen molar-refractivity contribution in [2.45, 2.75) is 56.0 Å². The Labute approximate surface area is 125 Å². The SMILES string of the molecule is CC(C)NCc1cc(Cl)ccc1SC1CCOC1C. The first kappa shape index (κ1) is 15.2. The lowest BCUT2D eigenvalue weighted by atomic mass is 10.2. The highest BCUT2D eigenvalue weighted by Crippen LogP contribution is 2.35. The lowest BCUT2D eigenvalue weighted by molar-refractivity contribution is 0.127. The third-order valence-corrected chi connectivity index (χ3v) is 5.12. The fraction of sp³-hybridized carbons (Fsp3) is 0.600. The summed E-state index contributed by atoms with van der Waals surface area (Å²) in [6.45, 7) is 8.22. The van der Waals surface area contributed by atoms with Crippen LogP contribution in [0.3, 0.4) is 0 Å². The summed E-state index contributed by atoms with van der Waals surface area (Å²) >= 11 is 8.04. The minimum Gasteiger partial charge on any atom is -0.377 e. The highest BCUT2D eigenvalue weighted by Gasteiger charge is 2.25. The zero-order valence-corrected chi connectivity index (χ0v) is 13.4. The van der Waals surface area contributed by atoms with Crippen LogP contribution in [0.4, 0.5) is 0 Å². The van der Waals surface area contributed by atoms with Crippen LogP contribution < -0.4 is 5.32 Å². The van der Waals surface area contributed by atoms with Gasteiger partial charge in [-0.1, -0.05) is 25.4 Å². The largest absolute Gasteiger partial charge is 0.377 e. The van der Waals surface area contributed by atoms with E-state index in [0.717, 1.165) is 24.6 Å². The van der Waals surface area contributed by atoms with Gasteiger partial charge in [0.15, 0.2) is 0 Å². The molecule has 1 saturated heterocycles. The van der Waals surface area contributed by atoms with Crippen molar-refractivity contribution < 1.29 is 4.74 Å². The van der Waals surface area contributed by atoms with Crippen LogP contribution in [0.25, 0.3) is 0 Å². The zero-order chi connectivity index (χ0) is 13.8. The summed E-state index contributed by atoms with van der Waals surface area (Å²) in [5.41, 5.74) is 1.28. The molecule has 2 nitrogen and oxygen atoms in total. The number of halogens is 1. The van der Waals surface area contributed by atoms with Crippen LogP contribution in [0.5, 0.6) is 0 Å². The van der Waals surface area contributed by atoms with E-state index < -0.39 is 0 Å². The number of hydrogen-bond acceptors (Lipinski definition) is 3. The fourth-order valence-corrected chi connectivity index (χ4v) is 3.58. The van der Waals surface area contributed by atoms with Gasteiger partial charge in [0, 0.05) is 34.4 Å². The summed E-state index contributed by atoms with van der Waals surface area (Å²) in [6.07, 6.45) is 1.47. The maximum Gasteiger partial charge on any atom is 0.0669 e. The second kappa shape index (κ2) is 6.98. The van der Waals surface area contributed by atoms with Crippen molar-refractivity contribution in [1.29, 1.82) is 0 Å². The van der Waals surface area contributed by atoms with Gasteiger partial charge >= 0.3 is 0 Å². The molecule has 0 radical (unpaired) electrons. The Kier molecular flexibility index (Phi) is 5.58. The first-order valence-electron chi connectivity index (χ1n) is 6.86. The molecule has 1 heterocycles. The van der Waals surface area contributed by atoms with Crippen molar-refractivity contribution in [1.82, 2.24) is 5.32 Å². The maximum atomic E-state index is 6.12. The first-order chi connectivity index (χ1) is 9.06. The van der Waals surface area contributed by atoms with E-state index in [-0.39, 0.29) is 0 Å². The Morgan fingerprint density at radius 3 is 2.89 bits per heavy atom. The number of ether oxygens (including phenoxy) is 1. The van der Waals surface area contributed by atoms with Crippen molar-refractivity contribution >= 4 is 23.4 Å². The topological polar surface area (TPSA) is 21.3 Å². The van der Waals surface area contributed by atoms with Gasteiger partial charge in [-0.05, 0) is 37.1 Å². The summed E-state index contributed by atoms with van der Waals surface area (Å²) in [4.78, 5) is 1.32. The predicted molar refractivity (Wildman–Crippen MR) is 83.1 cm³/mol. The van der Waals surface area contributed by atoms with Gasteiger partial charge in [0.1, 0.15) is 0 Å². The quantitative estimate of drug-likeness (QED) is 0.884. The number of thioether (sulfide) groups is 1. The molecule has 0 aromatic heterocycles. The molecule has 0 spiro atoms. The van der Waals surface area contributed by atoms with E-state index in [1.165, 1.54) is 10.5 Å². The molecule has 106 valence electrons. The molecule has 1 aliphatic heterocycles. The molecule has 0 saturated carbocycles. The predicted octanol–water partition coefficient (Wildman–Crippen LogP) is 4.11. The van der Waals surface area contributed by atoms with Crippen LogP contribution in [0, 0.1) is 0 Å². The number of rotatable bonds is 5. The molecule has 2 unspecified atom stereocenters. The van der Waals surface area contributed by atoms with Crippen LogP contribution >= 0.6 is 23.4 Å². The van der Waals surface area contributed by atoms with Crippen molar-refractivity contribution in [3.63, 3.8) is 0 Å². The molecule has 1 fully saturated rings. The van der Waals surface area contributed by atoms with E-state index in [4.69, 9.17) is 16.3 Å². The van der Waals surface area contributed by atoms with Crippen molar-refractivity contribution in [2.75, 3.05) is 6.61 Å². The van der Waals surface area contributed by atoms with Crippen LogP contribution in [-0.4, -0.2) is 24.0 Å². The summed E-state index contributed by atoms with van der Waals surface area (Å²) in [5, 5.41) is 4.82. The van der Waals surface area contributed by atoms with Gasteiger partial charge < -0.3 is 10.1 Å². The van der Waals surface area contributed by atoms with Crippen LogP contribution in [0.2, 0.25) is 5.02 Å². The molecule has 1 N–H and O–H groups in total. The van der Waals surface area contributed by atoms with E-state index in [0.29, 0.717) is 17.4 Å². The van der Waals surface area contributed by atoms with Crippen molar-refractivity contribution in [3.05, 3.63) is 28.8 Å². The molecule has 0 amide bonds. The van der Waals surface area contributed by atoms with Crippen molar-refractivity contribution in [3.8, 4) is 0 Å². The molecule has 19 heavy (non-hydrogen) atoms. The van der Waals surface area contributed by atoms with E-state index >= 15 is 0 Å². The van der Waals surface area contributed by atoms with Gasteiger partial charge in [0.05, 0.1) is 6.10 Å². The third-order valence-electron chi connectivity index (χ3n) is 3.31. The van der Waals surface area contributed by atoms with Gasteiger partial charge in [-0.2, -0.15) is 0 Å². The Balaban J connectivity index is 2.09. The first-order valence-corrected chi connectivity index (χ1v) is 8.12. The van der Waals surface area contributed by atoms with E-state index in [1.54, 1.807) is 0 Å². The molecule has 0 bridgehead atoms.